The van der Waals surface area contributed by atoms with Gasteiger partial charge >= 0.3 is 12.2 Å². The molecule has 0 spiro atoms. The van der Waals surface area contributed by atoms with Gasteiger partial charge in [-0.3, -0.25) is 4.79 Å². The molecule has 0 radical (unpaired) electrons. The van der Waals surface area contributed by atoms with E-state index in [9.17, 15) is 14.4 Å². The highest BCUT2D eigenvalue weighted by atomic mass is 16.6. The standard InChI is InChI=1S/C14H28N2O3.C12H26N2O2/c1-10(17)16(8)9-11(13(2,3)4)15-12(18)19-14(5,6)7;1-11(2,3)9(8-13-7)14-10(15)16-12(4,5)6/h11H,9H2,1-8H3,(H,15,18);9,13H,8H2,1-7H3,(H,14,15)/t11-;9-/m11/s1. The van der Waals surface area contributed by atoms with E-state index in [1.165, 1.54) is 6.92 Å². The Morgan fingerprint density at radius 3 is 1.31 bits per heavy atom. The molecule has 0 aliphatic rings. The van der Waals surface area contributed by atoms with Crippen LogP contribution in [0.25, 0.3) is 0 Å². The van der Waals surface area contributed by atoms with Gasteiger partial charge in [-0.1, -0.05) is 41.5 Å². The highest BCUT2D eigenvalue weighted by molar-refractivity contribution is 5.73. The van der Waals surface area contributed by atoms with Crippen LogP contribution < -0.4 is 16.0 Å². The molecule has 3 amide bonds. The number of carbonyl (C=O) groups is 3. The zero-order valence-corrected chi connectivity index (χ0v) is 25.1. The molecule has 9 heteroatoms. The van der Waals surface area contributed by atoms with Crippen molar-refractivity contribution in [2.75, 3.05) is 27.2 Å². The van der Waals surface area contributed by atoms with Crippen molar-refractivity contribution in [3.63, 3.8) is 0 Å². The van der Waals surface area contributed by atoms with Crippen molar-refractivity contribution in [3.8, 4) is 0 Å². The topological polar surface area (TPSA) is 109 Å². The van der Waals surface area contributed by atoms with E-state index in [1.807, 2.05) is 69.4 Å². The number of hydrogen-bond donors (Lipinski definition) is 3. The van der Waals surface area contributed by atoms with Gasteiger partial charge in [0.15, 0.2) is 0 Å². The molecule has 0 saturated heterocycles. The summed E-state index contributed by atoms with van der Waals surface area (Å²) in [6, 6.07) is -0.122. The Kier molecular flexibility index (Phi) is 14.0. The molecule has 35 heavy (non-hydrogen) atoms. The molecule has 9 nitrogen and oxygen atoms in total. The Morgan fingerprint density at radius 2 is 1.06 bits per heavy atom. The molecule has 0 unspecified atom stereocenters. The van der Waals surface area contributed by atoms with Gasteiger partial charge in [0.1, 0.15) is 11.2 Å². The molecule has 0 rings (SSSR count). The van der Waals surface area contributed by atoms with E-state index in [-0.39, 0.29) is 34.9 Å². The number of carbonyl (C=O) groups excluding carboxylic acids is 3. The summed E-state index contributed by atoms with van der Waals surface area (Å²) < 4.78 is 10.5. The van der Waals surface area contributed by atoms with Gasteiger partial charge in [0, 0.05) is 33.1 Å². The number of amides is 3. The van der Waals surface area contributed by atoms with Crippen LogP contribution in [0, 0.1) is 10.8 Å². The fourth-order valence-electron chi connectivity index (χ4n) is 2.62. The molecule has 208 valence electrons. The minimum atomic E-state index is -0.529. The monoisotopic (exact) mass is 502 g/mol. The van der Waals surface area contributed by atoms with Crippen LogP contribution in [0.15, 0.2) is 0 Å². The van der Waals surface area contributed by atoms with E-state index >= 15 is 0 Å². The van der Waals surface area contributed by atoms with Crippen LogP contribution in [0.3, 0.4) is 0 Å². The Bertz CT molecular complexity index is 667. The second kappa shape index (κ2) is 13.9. The molecule has 0 aromatic carbocycles. The Morgan fingerprint density at radius 1 is 0.714 bits per heavy atom. The van der Waals surface area contributed by atoms with Crippen molar-refractivity contribution in [1.29, 1.82) is 0 Å². The predicted molar refractivity (Wildman–Crippen MR) is 142 cm³/mol. The average Bonchev–Trinajstić information content (AvgIpc) is 2.56. The molecule has 0 aromatic rings. The zero-order chi connectivity index (χ0) is 28.4. The molecule has 0 fully saturated rings. The lowest BCUT2D eigenvalue weighted by Gasteiger charge is -2.34. The number of hydrogen-bond acceptors (Lipinski definition) is 6. The molecular formula is C26H54N4O5. The van der Waals surface area contributed by atoms with Crippen molar-refractivity contribution in [2.45, 2.75) is 113 Å². The lowest BCUT2D eigenvalue weighted by molar-refractivity contribution is -0.128. The first-order valence-corrected chi connectivity index (χ1v) is 12.2. The third kappa shape index (κ3) is 18.9. The second-order valence-corrected chi connectivity index (χ2v) is 13.1. The molecule has 0 heterocycles. The minimum absolute atomic E-state index is 0.0000850. The van der Waals surface area contributed by atoms with E-state index in [4.69, 9.17) is 9.47 Å². The van der Waals surface area contributed by atoms with Gasteiger partial charge in [-0.05, 0) is 59.4 Å². The number of alkyl carbamates (subject to hydrolysis) is 2. The third-order valence-corrected chi connectivity index (χ3v) is 4.87. The van der Waals surface area contributed by atoms with Gasteiger partial charge in [0.25, 0.3) is 0 Å². The van der Waals surface area contributed by atoms with Gasteiger partial charge in [-0.15, -0.1) is 0 Å². The van der Waals surface area contributed by atoms with Crippen LogP contribution in [0.2, 0.25) is 0 Å². The first kappa shape index (κ1) is 35.1. The highest BCUT2D eigenvalue weighted by Crippen LogP contribution is 2.21. The van der Waals surface area contributed by atoms with Crippen molar-refractivity contribution >= 4 is 18.1 Å². The summed E-state index contributed by atoms with van der Waals surface area (Å²) in [5.74, 6) is -0.0276. The van der Waals surface area contributed by atoms with Crippen molar-refractivity contribution in [2.24, 2.45) is 10.8 Å². The Labute approximate surface area is 214 Å². The molecule has 0 saturated carbocycles. The quantitative estimate of drug-likeness (QED) is 0.492. The van der Waals surface area contributed by atoms with Gasteiger partial charge in [0.2, 0.25) is 5.91 Å². The SMILES string of the molecule is CC(=O)N(C)C[C@@H](NC(=O)OC(C)(C)C)C(C)(C)C.CNC[C@@H](NC(=O)OC(C)(C)C)C(C)(C)C. The van der Waals surface area contributed by atoms with Gasteiger partial charge in [-0.25, -0.2) is 9.59 Å². The molecule has 2 atom stereocenters. The number of nitrogens with zero attached hydrogens (tertiary/aromatic N) is 1. The zero-order valence-electron chi connectivity index (χ0n) is 25.1. The van der Waals surface area contributed by atoms with Crippen LogP contribution in [-0.2, 0) is 14.3 Å². The average molecular weight is 503 g/mol. The smallest absolute Gasteiger partial charge is 0.407 e. The summed E-state index contributed by atoms with van der Waals surface area (Å²) in [6.07, 6.45) is -0.813. The van der Waals surface area contributed by atoms with Gasteiger partial charge in [0.05, 0.1) is 6.04 Å². The maximum absolute atomic E-state index is 11.8. The normalized spacial score (nSPS) is 14.0. The Hall–Kier alpha value is -2.03. The number of nitrogens with one attached hydrogen (secondary N) is 3. The summed E-state index contributed by atoms with van der Waals surface area (Å²) >= 11 is 0. The first-order chi connectivity index (χ1) is 15.4. The third-order valence-electron chi connectivity index (χ3n) is 4.87. The molecule has 3 N–H and O–H groups in total. The number of rotatable bonds is 6. The summed E-state index contributed by atoms with van der Waals surface area (Å²) in [6.45, 7) is 26.0. The second-order valence-electron chi connectivity index (χ2n) is 13.1. The largest absolute Gasteiger partial charge is 0.444 e. The number of likely N-dealkylation sites (N-methyl/N-ethyl adjacent to an activating group) is 2. The van der Waals surface area contributed by atoms with Crippen molar-refractivity contribution < 1.29 is 23.9 Å². The van der Waals surface area contributed by atoms with Crippen LogP contribution in [0.1, 0.15) is 90.0 Å². The predicted octanol–water partition coefficient (Wildman–Crippen LogP) is 4.55. The van der Waals surface area contributed by atoms with Crippen molar-refractivity contribution in [3.05, 3.63) is 0 Å². The summed E-state index contributed by atoms with van der Waals surface area (Å²) in [4.78, 5) is 36.4. The van der Waals surface area contributed by atoms with E-state index in [0.29, 0.717) is 6.54 Å². The summed E-state index contributed by atoms with van der Waals surface area (Å²) in [5.41, 5.74) is -1.15. The lowest BCUT2D eigenvalue weighted by Crippen LogP contribution is -2.51. The van der Waals surface area contributed by atoms with E-state index in [1.54, 1.807) is 11.9 Å². The maximum atomic E-state index is 11.8. The van der Waals surface area contributed by atoms with Gasteiger partial charge < -0.3 is 30.3 Å². The van der Waals surface area contributed by atoms with E-state index in [0.717, 1.165) is 6.54 Å². The molecule has 0 aliphatic heterocycles. The van der Waals surface area contributed by atoms with E-state index in [2.05, 4.69) is 36.7 Å². The highest BCUT2D eigenvalue weighted by Gasteiger charge is 2.30. The van der Waals surface area contributed by atoms with Gasteiger partial charge in [-0.2, -0.15) is 0 Å². The molecule has 0 bridgehead atoms. The minimum Gasteiger partial charge on any atom is -0.444 e. The fraction of sp³-hybridized carbons (Fsp3) is 0.885. The summed E-state index contributed by atoms with van der Waals surface area (Å²) in [7, 11) is 3.59. The molecule has 0 aliphatic carbocycles. The van der Waals surface area contributed by atoms with Crippen LogP contribution in [-0.4, -0.2) is 73.5 Å². The molecular weight excluding hydrogens is 448 g/mol. The Balaban J connectivity index is 0. The summed E-state index contributed by atoms with van der Waals surface area (Å²) in [5, 5.41) is 8.81. The van der Waals surface area contributed by atoms with E-state index < -0.39 is 17.3 Å². The number of ether oxygens (including phenoxy) is 2. The van der Waals surface area contributed by atoms with Crippen LogP contribution in [0.5, 0.6) is 0 Å². The van der Waals surface area contributed by atoms with Crippen LogP contribution >= 0.6 is 0 Å². The fourth-order valence-corrected chi connectivity index (χ4v) is 2.62. The van der Waals surface area contributed by atoms with Crippen LogP contribution in [0.4, 0.5) is 9.59 Å². The first-order valence-electron chi connectivity index (χ1n) is 12.2. The molecule has 0 aromatic heterocycles. The maximum Gasteiger partial charge on any atom is 0.407 e. The van der Waals surface area contributed by atoms with Crippen molar-refractivity contribution in [1.82, 2.24) is 20.9 Å². The lowest BCUT2D eigenvalue weighted by atomic mass is 9.86.